The van der Waals surface area contributed by atoms with Gasteiger partial charge in [-0.25, -0.2) is 22.0 Å². The molecule has 3 aromatic rings. The molecule has 13 nitrogen and oxygen atoms in total. The first-order valence-corrected chi connectivity index (χ1v) is 17.2. The number of nitrogens with one attached hydrogen (secondary N) is 2. The summed E-state index contributed by atoms with van der Waals surface area (Å²) in [6, 6.07) is 8.14. The Bertz CT molecular complexity index is 1940. The van der Waals surface area contributed by atoms with Crippen molar-refractivity contribution >= 4 is 45.1 Å². The molecule has 3 aromatic carbocycles. The molecule has 50 heavy (non-hydrogen) atoms. The number of carbonyl (C=O) groups excluding carboxylic acids is 4. The van der Waals surface area contributed by atoms with Gasteiger partial charge in [-0.3, -0.25) is 19.7 Å². The second-order valence-electron chi connectivity index (χ2n) is 11.8. The van der Waals surface area contributed by atoms with Gasteiger partial charge in [0.15, 0.2) is 21.4 Å². The molecule has 0 spiro atoms. The van der Waals surface area contributed by atoms with Crippen molar-refractivity contribution in [1.82, 2.24) is 4.90 Å². The van der Waals surface area contributed by atoms with Gasteiger partial charge in [0.05, 0.1) is 48.6 Å². The lowest BCUT2D eigenvalue weighted by molar-refractivity contribution is -0.149. The van der Waals surface area contributed by atoms with Crippen molar-refractivity contribution in [2.45, 2.75) is 48.4 Å². The van der Waals surface area contributed by atoms with E-state index >= 15 is 4.39 Å². The van der Waals surface area contributed by atoms with Crippen LogP contribution < -0.4 is 21.1 Å². The van der Waals surface area contributed by atoms with Crippen LogP contribution in [0.15, 0.2) is 59.5 Å². The minimum Gasteiger partial charge on any atom is -0.494 e. The summed E-state index contributed by atoms with van der Waals surface area (Å²) < 4.78 is 72.5. The van der Waals surface area contributed by atoms with E-state index in [1.165, 1.54) is 42.3 Å². The Labute approximate surface area is 287 Å². The molecular formula is C34H36F2N4O9S. The Morgan fingerprint density at radius 3 is 2.34 bits per heavy atom. The van der Waals surface area contributed by atoms with Crippen molar-refractivity contribution in [2.24, 2.45) is 11.7 Å². The van der Waals surface area contributed by atoms with Gasteiger partial charge in [0.1, 0.15) is 11.9 Å². The molecule has 2 fully saturated rings. The molecule has 1 aliphatic carbocycles. The summed E-state index contributed by atoms with van der Waals surface area (Å²) in [7, 11) is -1.58. The van der Waals surface area contributed by atoms with E-state index in [0.29, 0.717) is 12.8 Å². The fourth-order valence-electron chi connectivity index (χ4n) is 6.02. The van der Waals surface area contributed by atoms with Crippen LogP contribution >= 0.6 is 0 Å². The molecule has 1 heterocycles. The zero-order valence-corrected chi connectivity index (χ0v) is 28.2. The highest BCUT2D eigenvalue weighted by Crippen LogP contribution is 2.46. The number of carbonyl (C=O) groups is 4. The number of nitrogens with zero attached hydrogens (tertiary/aromatic N) is 1. The van der Waals surface area contributed by atoms with Gasteiger partial charge in [-0.15, -0.1) is 0 Å². The Morgan fingerprint density at radius 1 is 0.980 bits per heavy atom. The van der Waals surface area contributed by atoms with Crippen molar-refractivity contribution in [3.8, 4) is 5.75 Å². The summed E-state index contributed by atoms with van der Waals surface area (Å²) in [4.78, 5) is 53.5. The molecule has 16 heteroatoms. The van der Waals surface area contributed by atoms with Gasteiger partial charge in [0, 0.05) is 17.8 Å². The molecule has 0 bridgehead atoms. The van der Waals surface area contributed by atoms with E-state index in [9.17, 15) is 32.0 Å². The first-order valence-electron chi connectivity index (χ1n) is 15.7. The van der Waals surface area contributed by atoms with Crippen LogP contribution in [0.5, 0.6) is 5.75 Å². The molecule has 1 saturated carbocycles. The predicted molar refractivity (Wildman–Crippen MR) is 176 cm³/mol. The molecule has 5 rings (SSSR count). The van der Waals surface area contributed by atoms with E-state index in [2.05, 4.69) is 10.6 Å². The lowest BCUT2D eigenvalue weighted by Gasteiger charge is -2.33. The van der Waals surface area contributed by atoms with Crippen molar-refractivity contribution in [3.63, 3.8) is 0 Å². The maximum absolute atomic E-state index is 15.2. The number of primary amides is 1. The normalized spacial score (nSPS) is 17.8. The summed E-state index contributed by atoms with van der Waals surface area (Å²) in [6.07, 6.45) is 0.0576. The summed E-state index contributed by atoms with van der Waals surface area (Å²) in [5, 5.41) is 4.63. The van der Waals surface area contributed by atoms with Crippen LogP contribution in [0.1, 0.15) is 59.8 Å². The average molecular weight is 715 g/mol. The molecule has 266 valence electrons. The van der Waals surface area contributed by atoms with E-state index < -0.39 is 68.6 Å². The zero-order valence-electron chi connectivity index (χ0n) is 27.4. The molecule has 2 aliphatic rings. The molecule has 3 amide bonds. The van der Waals surface area contributed by atoms with Crippen LogP contribution in [0, 0.1) is 17.6 Å². The lowest BCUT2D eigenvalue weighted by Crippen LogP contribution is -2.40. The van der Waals surface area contributed by atoms with E-state index in [-0.39, 0.29) is 58.3 Å². The SMILES string of the molecule is CCOC(=O)[C@H]1CCN(C(=O)[C@@H](Nc2cc(C(N)=O)ccc2F)c2ccc(F)c(OC)c2)[C@H]1c1cc(NC(=O)OC)ccc1S(=O)(=O)C1CC1. The van der Waals surface area contributed by atoms with Gasteiger partial charge in [-0.1, -0.05) is 6.07 Å². The maximum Gasteiger partial charge on any atom is 0.411 e. The lowest BCUT2D eigenvalue weighted by atomic mass is 9.92. The van der Waals surface area contributed by atoms with Gasteiger partial charge in [0.2, 0.25) is 11.8 Å². The summed E-state index contributed by atoms with van der Waals surface area (Å²) >= 11 is 0. The predicted octanol–water partition coefficient (Wildman–Crippen LogP) is 4.49. The first kappa shape index (κ1) is 36.0. The Kier molecular flexibility index (Phi) is 10.6. The van der Waals surface area contributed by atoms with E-state index in [1.54, 1.807) is 6.92 Å². The van der Waals surface area contributed by atoms with Gasteiger partial charge in [-0.05, 0) is 85.8 Å². The van der Waals surface area contributed by atoms with Crippen LogP contribution in [-0.4, -0.2) is 69.8 Å². The number of halogens is 2. The zero-order chi connectivity index (χ0) is 36.3. The number of esters is 1. The number of nitrogens with two attached hydrogens (primary N) is 1. The maximum atomic E-state index is 15.2. The number of rotatable bonds is 12. The van der Waals surface area contributed by atoms with Gasteiger partial charge in [-0.2, -0.15) is 0 Å². The third-order valence-electron chi connectivity index (χ3n) is 8.61. The van der Waals surface area contributed by atoms with Gasteiger partial charge >= 0.3 is 12.1 Å². The monoisotopic (exact) mass is 714 g/mol. The summed E-state index contributed by atoms with van der Waals surface area (Å²) in [5.74, 6) is -5.18. The van der Waals surface area contributed by atoms with Crippen molar-refractivity contribution in [2.75, 3.05) is 38.0 Å². The van der Waals surface area contributed by atoms with Crippen LogP contribution in [0.25, 0.3) is 0 Å². The molecule has 4 N–H and O–H groups in total. The van der Waals surface area contributed by atoms with Crippen LogP contribution in [-0.2, 0) is 28.9 Å². The number of sulfone groups is 1. The number of hydrogen-bond donors (Lipinski definition) is 3. The van der Waals surface area contributed by atoms with Crippen molar-refractivity contribution in [3.05, 3.63) is 82.9 Å². The quantitative estimate of drug-likeness (QED) is 0.226. The van der Waals surface area contributed by atoms with Gasteiger partial charge in [0.25, 0.3) is 0 Å². The third kappa shape index (κ3) is 7.34. The number of likely N-dealkylation sites (tertiary alicyclic amines) is 1. The van der Waals surface area contributed by atoms with E-state index in [1.807, 2.05) is 0 Å². The number of methoxy groups -OCH3 is 2. The van der Waals surface area contributed by atoms with Crippen LogP contribution in [0.2, 0.25) is 0 Å². The number of anilines is 2. The smallest absolute Gasteiger partial charge is 0.411 e. The summed E-state index contributed by atoms with van der Waals surface area (Å²) in [6.45, 7) is 1.53. The number of ether oxygens (including phenoxy) is 3. The number of hydrogen-bond acceptors (Lipinski definition) is 10. The van der Waals surface area contributed by atoms with Gasteiger partial charge < -0.3 is 30.2 Å². The largest absolute Gasteiger partial charge is 0.494 e. The minimum absolute atomic E-state index is 0.00218. The highest BCUT2D eigenvalue weighted by molar-refractivity contribution is 7.92. The molecule has 0 radical (unpaired) electrons. The van der Waals surface area contributed by atoms with E-state index in [4.69, 9.17) is 19.9 Å². The fourth-order valence-corrected chi connectivity index (χ4v) is 7.90. The average Bonchev–Trinajstić information content (AvgIpc) is 3.87. The van der Waals surface area contributed by atoms with Crippen LogP contribution in [0.3, 0.4) is 0 Å². The van der Waals surface area contributed by atoms with Crippen molar-refractivity contribution < 1.29 is 50.6 Å². The highest BCUT2D eigenvalue weighted by atomic mass is 32.2. The number of benzene rings is 3. The fraction of sp³-hybridized carbons (Fsp3) is 0.353. The van der Waals surface area contributed by atoms with Crippen LogP contribution in [0.4, 0.5) is 25.0 Å². The Hall–Kier alpha value is -5.25. The van der Waals surface area contributed by atoms with E-state index in [0.717, 1.165) is 31.4 Å². The molecule has 0 aromatic heterocycles. The molecule has 0 unspecified atom stereocenters. The number of amides is 3. The molecule has 1 saturated heterocycles. The Balaban J connectivity index is 1.69. The first-order chi connectivity index (χ1) is 23.8. The molecule has 1 aliphatic heterocycles. The Morgan fingerprint density at radius 2 is 1.70 bits per heavy atom. The topological polar surface area (TPSA) is 183 Å². The summed E-state index contributed by atoms with van der Waals surface area (Å²) in [5.41, 5.74) is 5.35. The minimum atomic E-state index is -3.95. The highest BCUT2D eigenvalue weighted by Gasteiger charge is 2.48. The molecular weight excluding hydrogens is 678 g/mol. The third-order valence-corrected chi connectivity index (χ3v) is 10.9. The second-order valence-corrected chi connectivity index (χ2v) is 14.0. The molecule has 3 atom stereocenters. The standard InChI is InChI=1S/C34H36F2N4O9S/c1-4-49-33(43)22-13-14-40(30(22)23-17-20(38-34(44)48-3)7-12-28(23)50(45,46)21-8-9-21)32(42)29(18-5-11-25(36)27(16-18)47-2)39-26-15-19(31(37)41)6-10-24(26)35/h5-7,10-12,15-17,21-22,29-30,39H,4,8-9,13-14H2,1-3H3,(H2,37,41)(H,38,44)/t22-,29-,30+/m0/s1. The second kappa shape index (κ2) is 14.7. The van der Waals surface area contributed by atoms with Crippen molar-refractivity contribution in [1.29, 1.82) is 0 Å².